The van der Waals surface area contributed by atoms with Gasteiger partial charge in [-0.2, -0.15) is 13.2 Å². The SMILES string of the molecule is NS(=O)(=O)Cc1ccc(NC(=O)C2CCCN(c3ncccc3C(F)(F)F)C2)cc1. The fourth-order valence-corrected chi connectivity index (χ4v) is 4.07. The number of nitrogens with two attached hydrogens (primary N) is 1. The molecule has 7 nitrogen and oxygen atoms in total. The highest BCUT2D eigenvalue weighted by Crippen LogP contribution is 2.36. The predicted octanol–water partition coefficient (Wildman–Crippen LogP) is 2.74. The van der Waals surface area contributed by atoms with Gasteiger partial charge in [-0.1, -0.05) is 12.1 Å². The average Bonchev–Trinajstić information content (AvgIpc) is 2.68. The van der Waals surface area contributed by atoms with Crippen LogP contribution >= 0.6 is 0 Å². The van der Waals surface area contributed by atoms with E-state index in [0.717, 1.165) is 6.07 Å². The van der Waals surface area contributed by atoms with E-state index in [1.54, 1.807) is 12.1 Å². The fourth-order valence-electron chi connectivity index (χ4n) is 3.41. The number of sulfonamides is 1. The largest absolute Gasteiger partial charge is 0.419 e. The van der Waals surface area contributed by atoms with E-state index in [1.165, 1.54) is 29.3 Å². The molecular weight excluding hydrogens is 421 g/mol. The lowest BCUT2D eigenvalue weighted by atomic mass is 9.96. The molecule has 162 valence electrons. The number of aromatic nitrogens is 1. The number of primary sulfonamides is 1. The quantitative estimate of drug-likeness (QED) is 0.741. The van der Waals surface area contributed by atoms with Crippen molar-refractivity contribution in [2.75, 3.05) is 23.3 Å². The molecule has 0 radical (unpaired) electrons. The summed E-state index contributed by atoms with van der Waals surface area (Å²) in [5, 5.41) is 7.73. The number of anilines is 2. The van der Waals surface area contributed by atoms with Crippen molar-refractivity contribution in [2.45, 2.75) is 24.8 Å². The molecule has 0 spiro atoms. The van der Waals surface area contributed by atoms with Gasteiger partial charge in [0.2, 0.25) is 15.9 Å². The first-order valence-corrected chi connectivity index (χ1v) is 10.9. The van der Waals surface area contributed by atoms with E-state index in [9.17, 15) is 26.4 Å². The second kappa shape index (κ2) is 8.60. The molecule has 30 heavy (non-hydrogen) atoms. The van der Waals surface area contributed by atoms with Gasteiger partial charge >= 0.3 is 6.18 Å². The lowest BCUT2D eigenvalue weighted by molar-refractivity contribution is -0.137. The van der Waals surface area contributed by atoms with Gasteiger partial charge in [0.15, 0.2) is 0 Å². The minimum atomic E-state index is -4.53. The lowest BCUT2D eigenvalue weighted by Gasteiger charge is -2.34. The zero-order valence-corrected chi connectivity index (χ0v) is 16.7. The maximum absolute atomic E-state index is 13.3. The first-order valence-electron chi connectivity index (χ1n) is 9.20. The highest BCUT2D eigenvalue weighted by Gasteiger charge is 2.37. The molecule has 1 aliphatic heterocycles. The molecule has 2 heterocycles. The minimum Gasteiger partial charge on any atom is -0.355 e. The zero-order valence-electron chi connectivity index (χ0n) is 15.9. The highest BCUT2D eigenvalue weighted by atomic mass is 32.2. The average molecular weight is 442 g/mol. The normalized spacial score (nSPS) is 17.6. The van der Waals surface area contributed by atoms with E-state index in [4.69, 9.17) is 5.14 Å². The maximum Gasteiger partial charge on any atom is 0.419 e. The number of piperidine rings is 1. The molecule has 1 fully saturated rings. The van der Waals surface area contributed by atoms with Crippen molar-refractivity contribution < 1.29 is 26.4 Å². The Morgan fingerprint density at radius 1 is 1.23 bits per heavy atom. The molecular formula is C19H21F3N4O3S. The monoisotopic (exact) mass is 442 g/mol. The van der Waals surface area contributed by atoms with Crippen LogP contribution in [0.1, 0.15) is 24.0 Å². The summed E-state index contributed by atoms with van der Waals surface area (Å²) in [5.74, 6) is -1.31. The summed E-state index contributed by atoms with van der Waals surface area (Å²) in [6.07, 6.45) is -2.13. The van der Waals surface area contributed by atoms with E-state index in [0.29, 0.717) is 30.6 Å². The Labute approximate surface area is 172 Å². The molecule has 1 amide bonds. The Balaban J connectivity index is 1.68. The molecule has 0 saturated carbocycles. The topological polar surface area (TPSA) is 105 Å². The van der Waals surface area contributed by atoms with Crippen molar-refractivity contribution in [1.29, 1.82) is 0 Å². The summed E-state index contributed by atoms with van der Waals surface area (Å²) < 4.78 is 62.1. The second-order valence-electron chi connectivity index (χ2n) is 7.15. The second-order valence-corrected chi connectivity index (χ2v) is 8.77. The van der Waals surface area contributed by atoms with Crippen molar-refractivity contribution in [3.05, 3.63) is 53.7 Å². The van der Waals surface area contributed by atoms with E-state index < -0.39 is 27.7 Å². The predicted molar refractivity (Wildman–Crippen MR) is 106 cm³/mol. The van der Waals surface area contributed by atoms with Crippen LogP contribution in [-0.2, 0) is 26.7 Å². The van der Waals surface area contributed by atoms with Crippen LogP contribution in [-0.4, -0.2) is 32.4 Å². The third-order valence-electron chi connectivity index (χ3n) is 4.77. The van der Waals surface area contributed by atoms with Crippen LogP contribution in [0, 0.1) is 5.92 Å². The number of amides is 1. The number of benzene rings is 1. The minimum absolute atomic E-state index is 0.120. The van der Waals surface area contributed by atoms with Crippen LogP contribution in [0.5, 0.6) is 0 Å². The molecule has 1 unspecified atom stereocenters. The number of carbonyl (C=O) groups excluding carboxylic acids is 1. The molecule has 1 saturated heterocycles. The number of hydrogen-bond acceptors (Lipinski definition) is 5. The number of pyridine rings is 1. The maximum atomic E-state index is 13.3. The van der Waals surface area contributed by atoms with E-state index in [-0.39, 0.29) is 24.0 Å². The third-order valence-corrected chi connectivity index (χ3v) is 5.51. The van der Waals surface area contributed by atoms with Gasteiger partial charge in [0.05, 0.1) is 17.2 Å². The van der Waals surface area contributed by atoms with Crippen LogP contribution in [0.15, 0.2) is 42.6 Å². The van der Waals surface area contributed by atoms with Crippen LogP contribution in [0.4, 0.5) is 24.7 Å². The van der Waals surface area contributed by atoms with Gasteiger partial charge in [0, 0.05) is 25.0 Å². The molecule has 1 atom stereocenters. The van der Waals surface area contributed by atoms with Gasteiger partial charge in [-0.15, -0.1) is 0 Å². The molecule has 3 rings (SSSR count). The van der Waals surface area contributed by atoms with Crippen LogP contribution in [0.3, 0.4) is 0 Å². The van der Waals surface area contributed by atoms with Gasteiger partial charge in [0.25, 0.3) is 0 Å². The Morgan fingerprint density at radius 3 is 2.57 bits per heavy atom. The van der Waals surface area contributed by atoms with E-state index in [1.807, 2.05) is 0 Å². The molecule has 1 aromatic carbocycles. The van der Waals surface area contributed by atoms with Crippen LogP contribution in [0.2, 0.25) is 0 Å². The first kappa shape index (κ1) is 22.0. The molecule has 1 aromatic heterocycles. The van der Waals surface area contributed by atoms with Gasteiger partial charge < -0.3 is 10.2 Å². The van der Waals surface area contributed by atoms with Crippen molar-refractivity contribution in [3.8, 4) is 0 Å². The third kappa shape index (κ3) is 5.70. The van der Waals surface area contributed by atoms with Crippen molar-refractivity contribution in [2.24, 2.45) is 11.1 Å². The number of halogens is 3. The van der Waals surface area contributed by atoms with Gasteiger partial charge in [-0.3, -0.25) is 4.79 Å². The van der Waals surface area contributed by atoms with Gasteiger partial charge in [-0.05, 0) is 42.7 Å². The summed E-state index contributed by atoms with van der Waals surface area (Å²) in [6.45, 7) is 0.502. The molecule has 11 heteroatoms. The van der Waals surface area contributed by atoms with Gasteiger partial charge in [-0.25, -0.2) is 18.5 Å². The summed E-state index contributed by atoms with van der Waals surface area (Å²) in [6, 6.07) is 8.40. The number of rotatable bonds is 5. The van der Waals surface area contributed by atoms with E-state index in [2.05, 4.69) is 10.3 Å². The molecule has 0 bridgehead atoms. The van der Waals surface area contributed by atoms with Crippen molar-refractivity contribution in [3.63, 3.8) is 0 Å². The Morgan fingerprint density at radius 2 is 1.93 bits per heavy atom. The number of alkyl halides is 3. The molecule has 2 aromatic rings. The smallest absolute Gasteiger partial charge is 0.355 e. The van der Waals surface area contributed by atoms with E-state index >= 15 is 0 Å². The number of carbonyl (C=O) groups is 1. The molecule has 0 aliphatic carbocycles. The summed E-state index contributed by atoms with van der Waals surface area (Å²) in [5.41, 5.74) is 0.120. The number of nitrogens with zero attached hydrogens (tertiary/aromatic N) is 2. The fraction of sp³-hybridized carbons (Fsp3) is 0.368. The Bertz CT molecular complexity index is 1010. The van der Waals surface area contributed by atoms with Crippen LogP contribution < -0.4 is 15.4 Å². The lowest BCUT2D eigenvalue weighted by Crippen LogP contribution is -2.42. The van der Waals surface area contributed by atoms with Crippen LogP contribution in [0.25, 0.3) is 0 Å². The van der Waals surface area contributed by atoms with Crippen molar-refractivity contribution >= 4 is 27.4 Å². The number of nitrogens with one attached hydrogen (secondary N) is 1. The first-order chi connectivity index (χ1) is 14.0. The highest BCUT2D eigenvalue weighted by molar-refractivity contribution is 7.88. The standard InChI is InChI=1S/C19H21F3N4O3S/c20-19(21,22)16-4-1-9-24-17(16)26-10-2-3-14(11-26)18(27)25-15-7-5-13(6-8-15)12-30(23,28)29/h1,4-9,14H,2-3,10-12H2,(H,25,27)(H2,23,28,29). The van der Waals surface area contributed by atoms with Crippen molar-refractivity contribution in [1.82, 2.24) is 4.98 Å². The molecule has 3 N–H and O–H groups in total. The summed E-state index contributed by atoms with van der Waals surface area (Å²) in [4.78, 5) is 18.0. The zero-order chi connectivity index (χ0) is 21.9. The van der Waals surface area contributed by atoms with Gasteiger partial charge in [0.1, 0.15) is 5.82 Å². The Kier molecular flexibility index (Phi) is 6.32. The summed E-state index contributed by atoms with van der Waals surface area (Å²) >= 11 is 0. The number of hydrogen-bond donors (Lipinski definition) is 2. The summed E-state index contributed by atoms with van der Waals surface area (Å²) in [7, 11) is -3.66. The molecule has 1 aliphatic rings. The Hall–Kier alpha value is -2.66.